The number of phenolic OH excluding ortho intramolecular Hbond substituents is 2. The molecule has 1 unspecified atom stereocenters. The number of hydrogen-bond donors (Lipinski definition) is 2. The standard InChI is InChI=1S/C22H37ClO2/c1-3-4-5-6-7-8-9-10-11-12-13-14-15-18(2)19-16-22(25)20(23)17-21(19)24/h16-18,24-25H,3-15H2,1-2H3. The van der Waals surface area contributed by atoms with Crippen molar-refractivity contribution in [2.45, 2.75) is 103 Å². The van der Waals surface area contributed by atoms with Gasteiger partial charge in [-0.25, -0.2) is 0 Å². The first-order chi connectivity index (χ1) is 12.1. The summed E-state index contributed by atoms with van der Waals surface area (Å²) in [6.45, 7) is 4.36. The van der Waals surface area contributed by atoms with Gasteiger partial charge in [-0.2, -0.15) is 0 Å². The highest BCUT2D eigenvalue weighted by atomic mass is 35.5. The Kier molecular flexibility index (Phi) is 11.8. The number of phenols is 2. The van der Waals surface area contributed by atoms with Gasteiger partial charge in [-0.3, -0.25) is 0 Å². The molecule has 1 aromatic carbocycles. The van der Waals surface area contributed by atoms with E-state index in [4.69, 9.17) is 11.6 Å². The van der Waals surface area contributed by atoms with E-state index in [-0.39, 0.29) is 22.4 Å². The molecule has 0 radical (unpaired) electrons. The topological polar surface area (TPSA) is 40.5 Å². The Bertz CT molecular complexity index is 473. The normalized spacial score (nSPS) is 12.4. The zero-order valence-corrected chi connectivity index (χ0v) is 17.0. The number of benzene rings is 1. The monoisotopic (exact) mass is 368 g/mol. The summed E-state index contributed by atoms with van der Waals surface area (Å²) < 4.78 is 0. The maximum absolute atomic E-state index is 9.98. The molecular weight excluding hydrogens is 332 g/mol. The van der Waals surface area contributed by atoms with Gasteiger partial charge >= 0.3 is 0 Å². The highest BCUT2D eigenvalue weighted by Gasteiger charge is 2.13. The molecule has 25 heavy (non-hydrogen) atoms. The second-order valence-electron chi connectivity index (χ2n) is 7.44. The smallest absolute Gasteiger partial charge is 0.134 e. The Balaban J connectivity index is 2.04. The minimum Gasteiger partial charge on any atom is -0.508 e. The average molecular weight is 369 g/mol. The van der Waals surface area contributed by atoms with Gasteiger partial charge in [0.15, 0.2) is 0 Å². The van der Waals surface area contributed by atoms with Crippen molar-refractivity contribution in [2.75, 3.05) is 0 Å². The number of aromatic hydroxyl groups is 2. The molecule has 2 nitrogen and oxygen atoms in total. The van der Waals surface area contributed by atoms with Crippen molar-refractivity contribution >= 4 is 11.6 Å². The van der Waals surface area contributed by atoms with Crippen LogP contribution in [0.4, 0.5) is 0 Å². The molecule has 0 aromatic heterocycles. The van der Waals surface area contributed by atoms with Crippen LogP contribution in [0.5, 0.6) is 11.5 Å². The molecule has 1 rings (SSSR count). The summed E-state index contributed by atoms with van der Waals surface area (Å²) in [6, 6.07) is 3.04. The lowest BCUT2D eigenvalue weighted by Crippen LogP contribution is -1.95. The van der Waals surface area contributed by atoms with Gasteiger partial charge in [0.1, 0.15) is 11.5 Å². The van der Waals surface area contributed by atoms with Crippen molar-refractivity contribution in [3.63, 3.8) is 0 Å². The Morgan fingerprint density at radius 1 is 0.760 bits per heavy atom. The lowest BCUT2D eigenvalue weighted by Gasteiger charge is -2.14. The Morgan fingerprint density at radius 2 is 1.24 bits per heavy atom. The molecule has 0 saturated carbocycles. The van der Waals surface area contributed by atoms with Crippen LogP contribution >= 0.6 is 11.6 Å². The van der Waals surface area contributed by atoms with Crippen LogP contribution in [0, 0.1) is 0 Å². The second-order valence-corrected chi connectivity index (χ2v) is 7.85. The van der Waals surface area contributed by atoms with Crippen molar-refractivity contribution in [2.24, 2.45) is 0 Å². The Labute approximate surface area is 159 Å². The molecule has 3 heteroatoms. The van der Waals surface area contributed by atoms with Gasteiger partial charge in [-0.05, 0) is 18.4 Å². The molecule has 1 atom stereocenters. The van der Waals surface area contributed by atoms with E-state index >= 15 is 0 Å². The summed E-state index contributed by atoms with van der Waals surface area (Å²) in [5, 5.41) is 19.9. The Hall–Kier alpha value is -0.890. The van der Waals surface area contributed by atoms with Crippen LogP contribution in [-0.2, 0) is 0 Å². The zero-order chi connectivity index (χ0) is 18.5. The van der Waals surface area contributed by atoms with Crippen molar-refractivity contribution in [1.82, 2.24) is 0 Å². The summed E-state index contributed by atoms with van der Waals surface area (Å²) in [4.78, 5) is 0. The van der Waals surface area contributed by atoms with E-state index in [0.717, 1.165) is 12.0 Å². The van der Waals surface area contributed by atoms with E-state index in [9.17, 15) is 10.2 Å². The SMILES string of the molecule is CCCCCCCCCCCCCCC(C)c1cc(O)c(Cl)cc1O. The van der Waals surface area contributed by atoms with Crippen molar-refractivity contribution < 1.29 is 10.2 Å². The molecule has 2 N–H and O–H groups in total. The van der Waals surface area contributed by atoms with E-state index in [2.05, 4.69) is 13.8 Å². The molecule has 144 valence electrons. The van der Waals surface area contributed by atoms with Gasteiger partial charge in [-0.1, -0.05) is 102 Å². The molecule has 0 aliphatic rings. The lowest BCUT2D eigenvalue weighted by molar-refractivity contribution is 0.445. The molecular formula is C22H37ClO2. The van der Waals surface area contributed by atoms with Gasteiger partial charge in [0, 0.05) is 11.6 Å². The molecule has 0 amide bonds. The fraction of sp³-hybridized carbons (Fsp3) is 0.727. The third-order valence-electron chi connectivity index (χ3n) is 5.12. The molecule has 0 spiro atoms. The highest BCUT2D eigenvalue weighted by molar-refractivity contribution is 6.32. The predicted octanol–water partition coefficient (Wildman–Crippen LogP) is 7.95. The summed E-state index contributed by atoms with van der Waals surface area (Å²) >= 11 is 5.81. The van der Waals surface area contributed by atoms with E-state index in [1.54, 1.807) is 6.07 Å². The van der Waals surface area contributed by atoms with Crippen molar-refractivity contribution in [3.8, 4) is 11.5 Å². The number of halogens is 1. The van der Waals surface area contributed by atoms with Crippen LogP contribution in [0.1, 0.15) is 109 Å². The van der Waals surface area contributed by atoms with Crippen molar-refractivity contribution in [3.05, 3.63) is 22.7 Å². The third kappa shape index (κ3) is 9.39. The molecule has 0 aliphatic carbocycles. The first-order valence-electron chi connectivity index (χ1n) is 10.3. The van der Waals surface area contributed by atoms with E-state index < -0.39 is 0 Å². The molecule has 0 fully saturated rings. The van der Waals surface area contributed by atoms with Gasteiger partial charge in [0.05, 0.1) is 5.02 Å². The van der Waals surface area contributed by atoms with Gasteiger partial charge in [0.25, 0.3) is 0 Å². The van der Waals surface area contributed by atoms with Crippen LogP contribution in [0.2, 0.25) is 5.02 Å². The number of unbranched alkanes of at least 4 members (excludes halogenated alkanes) is 11. The Morgan fingerprint density at radius 3 is 1.76 bits per heavy atom. The average Bonchev–Trinajstić information content (AvgIpc) is 2.59. The van der Waals surface area contributed by atoms with Crippen LogP contribution in [0.3, 0.4) is 0 Å². The molecule has 0 bridgehead atoms. The van der Waals surface area contributed by atoms with Crippen LogP contribution in [0.15, 0.2) is 12.1 Å². The number of rotatable bonds is 14. The van der Waals surface area contributed by atoms with Crippen LogP contribution in [-0.4, -0.2) is 10.2 Å². The van der Waals surface area contributed by atoms with Gasteiger partial charge < -0.3 is 10.2 Å². The number of hydrogen-bond acceptors (Lipinski definition) is 2. The third-order valence-corrected chi connectivity index (χ3v) is 5.42. The first kappa shape index (κ1) is 22.2. The molecule has 1 aromatic rings. The van der Waals surface area contributed by atoms with Gasteiger partial charge in [-0.15, -0.1) is 0 Å². The summed E-state index contributed by atoms with van der Waals surface area (Å²) in [5.74, 6) is 0.483. The summed E-state index contributed by atoms with van der Waals surface area (Å²) in [5.41, 5.74) is 0.796. The van der Waals surface area contributed by atoms with Crippen LogP contribution in [0.25, 0.3) is 0 Å². The predicted molar refractivity (Wildman–Crippen MR) is 109 cm³/mol. The second kappa shape index (κ2) is 13.3. The largest absolute Gasteiger partial charge is 0.508 e. The molecule has 0 heterocycles. The summed E-state index contributed by atoms with van der Waals surface area (Å²) in [7, 11) is 0. The van der Waals surface area contributed by atoms with E-state index in [1.807, 2.05) is 0 Å². The summed E-state index contributed by atoms with van der Waals surface area (Å²) in [6.07, 6.45) is 17.2. The fourth-order valence-corrected chi connectivity index (χ4v) is 3.57. The van der Waals surface area contributed by atoms with E-state index in [0.29, 0.717) is 0 Å². The minimum atomic E-state index is 0.0519. The lowest BCUT2D eigenvalue weighted by atomic mass is 9.93. The highest BCUT2D eigenvalue weighted by Crippen LogP contribution is 2.36. The maximum atomic E-state index is 9.98. The molecule has 0 aliphatic heterocycles. The molecule has 0 saturated heterocycles. The first-order valence-corrected chi connectivity index (χ1v) is 10.7. The quantitative estimate of drug-likeness (QED) is 0.258. The van der Waals surface area contributed by atoms with E-state index in [1.165, 1.54) is 83.1 Å². The minimum absolute atomic E-state index is 0.0519. The van der Waals surface area contributed by atoms with Gasteiger partial charge in [0.2, 0.25) is 0 Å². The fourth-order valence-electron chi connectivity index (χ4n) is 3.41. The maximum Gasteiger partial charge on any atom is 0.134 e. The van der Waals surface area contributed by atoms with Crippen molar-refractivity contribution in [1.29, 1.82) is 0 Å². The van der Waals surface area contributed by atoms with Crippen LogP contribution < -0.4 is 0 Å². The zero-order valence-electron chi connectivity index (χ0n) is 16.2.